The van der Waals surface area contributed by atoms with Crippen LogP contribution in [-0.4, -0.2) is 12.1 Å². The number of benzene rings is 1. The molecule has 0 aliphatic rings. The number of carbonyl (C=O) groups is 1. The third-order valence-corrected chi connectivity index (χ3v) is 4.02. The van der Waals surface area contributed by atoms with Crippen LogP contribution in [0.4, 0.5) is 0 Å². The molecule has 126 valence electrons. The van der Waals surface area contributed by atoms with Crippen molar-refractivity contribution in [3.63, 3.8) is 0 Å². The van der Waals surface area contributed by atoms with Crippen molar-refractivity contribution < 1.29 is 40.5 Å². The Morgan fingerprint density at radius 3 is 2.13 bits per heavy atom. The van der Waals surface area contributed by atoms with Crippen LogP contribution < -0.4 is 29.6 Å². The SMILES string of the molecule is CCCCCCCCCCC(Cc1ccccc1)OC(C)=O.[H-].[Na+]. The molecule has 1 atom stereocenters. The Hall–Kier alpha value is -0.310. The molecule has 0 spiro atoms. The average Bonchev–Trinajstić information content (AvgIpc) is 2.50. The van der Waals surface area contributed by atoms with Crippen molar-refractivity contribution in [3.05, 3.63) is 35.9 Å². The Morgan fingerprint density at radius 1 is 1.00 bits per heavy atom. The van der Waals surface area contributed by atoms with Crippen molar-refractivity contribution in [2.24, 2.45) is 0 Å². The van der Waals surface area contributed by atoms with Gasteiger partial charge >= 0.3 is 35.5 Å². The molecule has 0 amide bonds. The fourth-order valence-electron chi connectivity index (χ4n) is 2.82. The summed E-state index contributed by atoms with van der Waals surface area (Å²) in [6.07, 6.45) is 12.3. The molecule has 0 aromatic heterocycles. The summed E-state index contributed by atoms with van der Waals surface area (Å²) in [5, 5.41) is 0. The van der Waals surface area contributed by atoms with E-state index in [0.717, 1.165) is 19.3 Å². The van der Waals surface area contributed by atoms with E-state index in [1.165, 1.54) is 57.4 Å². The van der Waals surface area contributed by atoms with E-state index in [-0.39, 0.29) is 43.1 Å². The van der Waals surface area contributed by atoms with E-state index in [1.807, 2.05) is 18.2 Å². The van der Waals surface area contributed by atoms with Crippen LogP contribution in [0.2, 0.25) is 0 Å². The van der Waals surface area contributed by atoms with Crippen LogP contribution in [0, 0.1) is 0 Å². The predicted octanol–water partition coefficient (Wildman–Crippen LogP) is 2.81. The molecule has 0 N–H and O–H groups in total. The maximum absolute atomic E-state index is 11.3. The number of esters is 1. The van der Waals surface area contributed by atoms with Gasteiger partial charge in [0.25, 0.3) is 0 Å². The predicted molar refractivity (Wildman–Crippen MR) is 94.0 cm³/mol. The summed E-state index contributed by atoms with van der Waals surface area (Å²) in [5.41, 5.74) is 1.24. The number of rotatable bonds is 12. The molecule has 1 aromatic carbocycles. The van der Waals surface area contributed by atoms with Crippen molar-refractivity contribution in [2.75, 3.05) is 0 Å². The summed E-state index contributed by atoms with van der Waals surface area (Å²) >= 11 is 0. The molecule has 1 aromatic rings. The summed E-state index contributed by atoms with van der Waals surface area (Å²) in [7, 11) is 0. The summed E-state index contributed by atoms with van der Waals surface area (Å²) in [6.45, 7) is 3.76. The van der Waals surface area contributed by atoms with Gasteiger partial charge in [0.2, 0.25) is 0 Å². The number of unbranched alkanes of at least 4 members (excludes halogenated alkanes) is 7. The Kier molecular flexibility index (Phi) is 15.0. The van der Waals surface area contributed by atoms with Gasteiger partial charge in [-0.05, 0) is 18.4 Å². The number of hydrogen-bond donors (Lipinski definition) is 0. The molecule has 0 aliphatic heterocycles. The molecule has 0 fully saturated rings. The van der Waals surface area contributed by atoms with Crippen LogP contribution in [0.5, 0.6) is 0 Å². The third kappa shape index (κ3) is 12.7. The third-order valence-electron chi connectivity index (χ3n) is 4.02. The zero-order valence-electron chi connectivity index (χ0n) is 16.4. The maximum Gasteiger partial charge on any atom is 1.00 e. The van der Waals surface area contributed by atoms with Crippen LogP contribution in [0.3, 0.4) is 0 Å². The van der Waals surface area contributed by atoms with Gasteiger partial charge in [0.05, 0.1) is 0 Å². The van der Waals surface area contributed by atoms with Gasteiger partial charge in [-0.3, -0.25) is 4.79 Å². The number of ether oxygens (including phenoxy) is 1. The first kappa shape index (κ1) is 22.7. The molecule has 0 saturated carbocycles. The van der Waals surface area contributed by atoms with Crippen LogP contribution >= 0.6 is 0 Å². The Balaban J connectivity index is 0. The van der Waals surface area contributed by atoms with Gasteiger partial charge in [0.15, 0.2) is 0 Å². The molecule has 0 aliphatic carbocycles. The average molecular weight is 328 g/mol. The molecule has 1 rings (SSSR count). The van der Waals surface area contributed by atoms with Gasteiger partial charge in [-0.2, -0.15) is 0 Å². The zero-order valence-corrected chi connectivity index (χ0v) is 17.4. The first-order chi connectivity index (χ1) is 10.7. The largest absolute Gasteiger partial charge is 1.00 e. The van der Waals surface area contributed by atoms with E-state index < -0.39 is 0 Å². The maximum atomic E-state index is 11.3. The van der Waals surface area contributed by atoms with Gasteiger partial charge in [0, 0.05) is 13.3 Å². The van der Waals surface area contributed by atoms with E-state index in [9.17, 15) is 4.79 Å². The van der Waals surface area contributed by atoms with Gasteiger partial charge in [0.1, 0.15) is 6.10 Å². The second-order valence-electron chi connectivity index (χ2n) is 6.18. The van der Waals surface area contributed by atoms with Crippen LogP contribution in [0.15, 0.2) is 30.3 Å². The van der Waals surface area contributed by atoms with Gasteiger partial charge in [-0.1, -0.05) is 82.2 Å². The van der Waals surface area contributed by atoms with Gasteiger partial charge in [-0.25, -0.2) is 0 Å². The minimum Gasteiger partial charge on any atom is -1.00 e. The summed E-state index contributed by atoms with van der Waals surface area (Å²) in [5.74, 6) is -0.166. The Morgan fingerprint density at radius 2 is 1.57 bits per heavy atom. The van der Waals surface area contributed by atoms with Crippen molar-refractivity contribution >= 4 is 5.97 Å². The van der Waals surface area contributed by atoms with E-state index in [0.29, 0.717) is 0 Å². The fraction of sp³-hybridized carbons (Fsp3) is 0.650. The van der Waals surface area contributed by atoms with Crippen molar-refractivity contribution in [2.45, 2.75) is 84.2 Å². The minimum atomic E-state index is -0.166. The Bertz CT molecular complexity index is 398. The molecule has 2 nitrogen and oxygen atoms in total. The second-order valence-corrected chi connectivity index (χ2v) is 6.18. The normalized spacial score (nSPS) is 11.6. The van der Waals surface area contributed by atoms with Gasteiger partial charge < -0.3 is 6.16 Å². The first-order valence-corrected chi connectivity index (χ1v) is 8.93. The molecular weight excluding hydrogens is 295 g/mol. The number of carbonyl (C=O) groups excluding carboxylic acids is 1. The van der Waals surface area contributed by atoms with E-state index in [2.05, 4.69) is 19.1 Å². The molecule has 0 radical (unpaired) electrons. The molecule has 0 heterocycles. The quantitative estimate of drug-likeness (QED) is 0.335. The van der Waals surface area contributed by atoms with E-state index in [1.54, 1.807) is 0 Å². The topological polar surface area (TPSA) is 26.3 Å². The Labute approximate surface area is 166 Å². The zero-order chi connectivity index (χ0) is 16.0. The standard InChI is InChI=1S/C20H32O2.Na.H/c1-3-4-5-6-7-8-9-13-16-20(22-18(2)21)17-19-14-11-10-12-15-19;;/h10-12,14-15,20H,3-9,13,16-17H2,1-2H3;;/q;+1;-1. The van der Waals surface area contributed by atoms with Gasteiger partial charge in [-0.15, -0.1) is 0 Å². The smallest absolute Gasteiger partial charge is 1.00 e. The van der Waals surface area contributed by atoms with Crippen molar-refractivity contribution in [1.29, 1.82) is 0 Å². The molecule has 0 saturated heterocycles. The fourth-order valence-corrected chi connectivity index (χ4v) is 2.82. The summed E-state index contributed by atoms with van der Waals surface area (Å²) in [4.78, 5) is 11.3. The number of hydrogen-bond acceptors (Lipinski definition) is 2. The molecule has 3 heteroatoms. The second kappa shape index (κ2) is 15.2. The van der Waals surface area contributed by atoms with Crippen LogP contribution in [0.1, 0.15) is 78.6 Å². The first-order valence-electron chi connectivity index (χ1n) is 8.93. The minimum absolute atomic E-state index is 0. The molecular formula is C20H33NaO2. The van der Waals surface area contributed by atoms with E-state index >= 15 is 0 Å². The molecule has 23 heavy (non-hydrogen) atoms. The van der Waals surface area contributed by atoms with Crippen molar-refractivity contribution in [3.8, 4) is 0 Å². The van der Waals surface area contributed by atoms with Crippen LogP contribution in [0.25, 0.3) is 0 Å². The van der Waals surface area contributed by atoms with E-state index in [4.69, 9.17) is 4.74 Å². The molecule has 0 bridgehead atoms. The molecule has 1 unspecified atom stereocenters. The summed E-state index contributed by atoms with van der Waals surface area (Å²) < 4.78 is 5.48. The summed E-state index contributed by atoms with van der Waals surface area (Å²) in [6, 6.07) is 10.3. The monoisotopic (exact) mass is 328 g/mol. The van der Waals surface area contributed by atoms with Crippen molar-refractivity contribution in [1.82, 2.24) is 0 Å². The van der Waals surface area contributed by atoms with Crippen LogP contribution in [-0.2, 0) is 16.0 Å².